The van der Waals surface area contributed by atoms with Crippen molar-refractivity contribution in [2.45, 2.75) is 246 Å². The molecule has 30 fully saturated rings. The van der Waals surface area contributed by atoms with Gasteiger partial charge in [0.25, 0.3) is 0 Å². The third kappa shape index (κ3) is 20.4. The van der Waals surface area contributed by atoms with Crippen LogP contribution in [-0.4, -0.2) is 451 Å². The standard InChI is InChI=1S/C70H122I2O38/c1-73-25-33-41-49(81-9)57(89-17)65(97-33)103-39-31(23-71)96-64(56(88-16)47(39)79-7)106-42-34(26-74-2)99-67(59(91-19)50(42)82-10)108-44-36(28-76-4)101-69(61(93-21)52(44)84-12)110-46-38(30-78-6)102-70(62(94-22)54(46)86-14)109-45-37(29-77-5)100-68(60(92-20)53(45)85-13)107-43-35(27-75-3)98-66(58(90-18)51(43)83-11)104-40-32(24-72)95-63(105-41)55(87-15)48(40)80-8/h31-70H,23-30H2,1-22H3/t31-,32-,33-,34-,35-,36-,37-,38-,39-,40-,41-,42-,43-,44-,45-,46-,47+,48+,49+,50+,51+,52+,53+,54+,55+,56-,57-,58+,59-,60-,61-,62-,63-,64-,65-,66-,67-,68-,69-,70-/m1/s1. The van der Waals surface area contributed by atoms with E-state index in [4.69, 9.17) is 180 Å². The summed E-state index contributed by atoms with van der Waals surface area (Å²) in [7, 11) is 33.4. The van der Waals surface area contributed by atoms with E-state index < -0.39 is 246 Å². The maximum absolute atomic E-state index is 7.09. The van der Waals surface area contributed by atoms with Gasteiger partial charge in [-0.15, -0.1) is 0 Å². The lowest BCUT2D eigenvalue weighted by Gasteiger charge is -2.53. The van der Waals surface area contributed by atoms with Crippen molar-refractivity contribution in [2.24, 2.45) is 0 Å². The highest BCUT2D eigenvalue weighted by molar-refractivity contribution is 14.1. The van der Waals surface area contributed by atoms with Gasteiger partial charge in [-0.25, -0.2) is 0 Å². The van der Waals surface area contributed by atoms with Crippen LogP contribution in [-0.2, 0) is 180 Å². The molecule has 0 saturated carbocycles. The van der Waals surface area contributed by atoms with Crippen molar-refractivity contribution in [1.82, 2.24) is 0 Å². The molecule has 30 aliphatic heterocycles. The molecule has 30 saturated heterocycles. The fourth-order valence-electron chi connectivity index (χ4n) is 16.6. The predicted molar refractivity (Wildman–Crippen MR) is 390 cm³/mol. The molecule has 0 N–H and O–H groups in total. The zero-order chi connectivity index (χ0) is 79.6. The Morgan fingerprint density at radius 1 is 0.155 bits per heavy atom. The second-order valence-corrected chi connectivity index (χ2v) is 29.2. The summed E-state index contributed by atoms with van der Waals surface area (Å²) in [5.41, 5.74) is 0. The van der Waals surface area contributed by atoms with E-state index in [0.29, 0.717) is 8.86 Å². The van der Waals surface area contributed by atoms with Crippen LogP contribution in [0.3, 0.4) is 0 Å². The second kappa shape index (κ2) is 46.1. The van der Waals surface area contributed by atoms with Crippen LogP contribution in [0.15, 0.2) is 0 Å². The lowest BCUT2D eigenvalue weighted by atomic mass is 9.94. The summed E-state index contributed by atoms with van der Waals surface area (Å²) >= 11 is 4.45. The molecule has 0 spiro atoms. The van der Waals surface area contributed by atoms with Crippen LogP contribution in [0.1, 0.15) is 0 Å². The van der Waals surface area contributed by atoms with Gasteiger partial charge in [-0.3, -0.25) is 0 Å². The molecular formula is C70H122I2O38. The molecule has 30 rings (SSSR count). The number of hydrogen-bond acceptors (Lipinski definition) is 38. The van der Waals surface area contributed by atoms with Crippen LogP contribution in [0.4, 0.5) is 0 Å². The molecule has 40 atom stereocenters. The molecule has 40 heteroatoms. The third-order valence-corrected chi connectivity index (χ3v) is 23.4. The fraction of sp³-hybridized carbons (Fsp3) is 1.00. The SMILES string of the molecule is COC[C@H]1O[C@@H]2O[C@H]3[C@H](OC)[C@H](OC)[C@@H](O[C@H]4[C@H](OC)[C@@H](OC)[C@@H](O[C@H]5[C@H](OC)[C@@H](OC)[C@@H](O[C@H]6[C@H](OC)[C@@H](OC)[C@@H](O[C@H]7[C@H](OC)[C@@H](OC)[C@@H](O[C@H]8[C@H](OC)[C@@H](OC)[C@@H](O[C@H]9[C@H](OC)[C@@H](OC)[C@@H](O[C@H]1[C@H](OC)[C@@H]2OC)O[C@@H]9COC)O[C@@H]8COC)O[C@@H]7COC)O[C@@H]6COC)O[C@@H]5CI)O[C@@H]4COC)O[C@@H]3CI. The Balaban J connectivity index is 1.11. The Morgan fingerprint density at radius 2 is 0.264 bits per heavy atom. The van der Waals surface area contributed by atoms with Gasteiger partial charge in [0.05, 0.1) is 51.8 Å². The molecule has 0 radical (unpaired) electrons. The van der Waals surface area contributed by atoms with Gasteiger partial charge in [-0.05, 0) is 0 Å². The number of methoxy groups -OCH3 is 22. The predicted octanol–water partition coefficient (Wildman–Crippen LogP) is -0.131. The monoisotopic (exact) mass is 1820 g/mol. The van der Waals surface area contributed by atoms with Crippen molar-refractivity contribution in [3.63, 3.8) is 0 Å². The second-order valence-electron chi connectivity index (χ2n) is 27.4. The Morgan fingerprint density at radius 3 is 0.364 bits per heavy atom. The van der Waals surface area contributed by atoms with Crippen molar-refractivity contribution in [3.8, 4) is 0 Å². The molecule has 38 nitrogen and oxygen atoms in total. The number of rotatable bonds is 30. The summed E-state index contributed by atoms with van der Waals surface area (Å²) < 4.78 is 249. The van der Waals surface area contributed by atoms with Gasteiger partial charge in [0.1, 0.15) is 183 Å². The summed E-state index contributed by atoms with van der Waals surface area (Å²) in [5, 5.41) is 0. The highest BCUT2D eigenvalue weighted by Crippen LogP contribution is 2.44. The van der Waals surface area contributed by atoms with Gasteiger partial charge >= 0.3 is 0 Å². The van der Waals surface area contributed by atoms with Gasteiger partial charge in [0.15, 0.2) is 50.3 Å². The van der Waals surface area contributed by atoms with Crippen LogP contribution in [0, 0.1) is 0 Å². The molecule has 0 aromatic rings. The first-order chi connectivity index (χ1) is 53.5. The first-order valence-corrected chi connectivity index (χ1v) is 39.5. The average Bonchev–Trinajstić information content (AvgIpc) is 0.763. The number of ether oxygens (including phenoxy) is 38. The van der Waals surface area contributed by atoms with E-state index in [9.17, 15) is 0 Å². The van der Waals surface area contributed by atoms with Gasteiger partial charge < -0.3 is 180 Å². The largest absolute Gasteiger partial charge is 0.382 e. The molecule has 0 amide bonds. The molecule has 0 aromatic heterocycles. The maximum atomic E-state index is 7.09. The summed E-state index contributed by atoms with van der Waals surface area (Å²) in [6.07, 6.45) is -40.2. The van der Waals surface area contributed by atoms with Gasteiger partial charge in [0, 0.05) is 165 Å². The molecule has 644 valence electrons. The molecule has 0 aliphatic carbocycles. The van der Waals surface area contributed by atoms with Crippen molar-refractivity contribution >= 4 is 45.2 Å². The van der Waals surface area contributed by atoms with Crippen LogP contribution in [0.25, 0.3) is 0 Å². The molecule has 0 unspecified atom stereocenters. The Bertz CT molecular complexity index is 2550. The molecule has 30 aliphatic rings. The first-order valence-electron chi connectivity index (χ1n) is 36.5. The van der Waals surface area contributed by atoms with Gasteiger partial charge in [0.2, 0.25) is 0 Å². The highest BCUT2D eigenvalue weighted by atomic mass is 127. The fourth-order valence-corrected chi connectivity index (χ4v) is 18.0. The zero-order valence-corrected chi connectivity index (χ0v) is 71.3. The van der Waals surface area contributed by atoms with Crippen LogP contribution >= 0.6 is 45.2 Å². The normalized spacial score (nSPS) is 46.7. The van der Waals surface area contributed by atoms with E-state index in [-0.39, 0.29) is 39.6 Å². The minimum Gasteiger partial charge on any atom is -0.382 e. The third-order valence-electron chi connectivity index (χ3n) is 21.7. The number of hydrogen-bond donors (Lipinski definition) is 0. The quantitative estimate of drug-likeness (QED) is 0.0668. The number of alkyl halides is 2. The summed E-state index contributed by atoms with van der Waals surface area (Å²) in [5.74, 6) is 0. The van der Waals surface area contributed by atoms with E-state index >= 15 is 0 Å². The molecule has 110 heavy (non-hydrogen) atoms. The topological polar surface area (TPSA) is 351 Å². The molecular weight excluding hydrogens is 1700 g/mol. The van der Waals surface area contributed by atoms with E-state index in [1.54, 1.807) is 21.3 Å². The minimum atomic E-state index is -1.24. The van der Waals surface area contributed by atoms with Crippen molar-refractivity contribution < 1.29 is 180 Å². The molecule has 0 aromatic carbocycles. The Labute approximate surface area is 672 Å². The van der Waals surface area contributed by atoms with Crippen molar-refractivity contribution in [3.05, 3.63) is 0 Å². The lowest BCUT2D eigenvalue weighted by Crippen LogP contribution is -2.70. The van der Waals surface area contributed by atoms with Gasteiger partial charge in [-0.1, -0.05) is 45.2 Å². The molecule has 16 bridgehead atoms. The molecule has 30 heterocycles. The van der Waals surface area contributed by atoms with Crippen LogP contribution in [0.5, 0.6) is 0 Å². The highest BCUT2D eigenvalue weighted by Gasteiger charge is 2.63. The van der Waals surface area contributed by atoms with Crippen molar-refractivity contribution in [2.75, 3.05) is 205 Å². The number of halogens is 2. The van der Waals surface area contributed by atoms with Crippen LogP contribution < -0.4 is 0 Å². The van der Waals surface area contributed by atoms with Crippen LogP contribution in [0.2, 0.25) is 0 Å². The maximum Gasteiger partial charge on any atom is 0.187 e. The van der Waals surface area contributed by atoms with E-state index in [0.717, 1.165) is 0 Å². The average molecular weight is 1830 g/mol. The zero-order valence-electron chi connectivity index (χ0n) is 67.0. The summed E-state index contributed by atoms with van der Waals surface area (Å²) in [6.45, 7) is -0.225. The van der Waals surface area contributed by atoms with E-state index in [1.165, 1.54) is 135 Å². The summed E-state index contributed by atoms with van der Waals surface area (Å²) in [6, 6.07) is 0. The Hall–Kier alpha value is -0.0600. The Kier molecular flexibility index (Phi) is 39.3. The van der Waals surface area contributed by atoms with E-state index in [2.05, 4.69) is 45.2 Å². The minimum absolute atomic E-state index is 0.0157. The summed E-state index contributed by atoms with van der Waals surface area (Å²) in [4.78, 5) is 0. The van der Waals surface area contributed by atoms with Gasteiger partial charge in [-0.2, -0.15) is 0 Å². The van der Waals surface area contributed by atoms with E-state index in [1.807, 2.05) is 0 Å². The van der Waals surface area contributed by atoms with Crippen molar-refractivity contribution in [1.29, 1.82) is 0 Å². The first kappa shape index (κ1) is 93.8. The smallest absolute Gasteiger partial charge is 0.187 e. The lowest BCUT2D eigenvalue weighted by molar-refractivity contribution is -0.408.